The van der Waals surface area contributed by atoms with Crippen molar-refractivity contribution >= 4 is 29.6 Å². The molecule has 0 saturated carbocycles. The highest BCUT2D eigenvalue weighted by Gasteiger charge is 2.22. The number of rotatable bonds is 6. The third-order valence-corrected chi connectivity index (χ3v) is 3.18. The molecule has 10 heteroatoms. The highest BCUT2D eigenvalue weighted by Crippen LogP contribution is 2.08. The summed E-state index contributed by atoms with van der Waals surface area (Å²) < 4.78 is 5.06. The summed E-state index contributed by atoms with van der Waals surface area (Å²) in [6.45, 7) is 5.24. The quantitative estimate of drug-likeness (QED) is 0.309. The lowest BCUT2D eigenvalue weighted by Crippen LogP contribution is -2.36. The molecule has 0 fully saturated rings. The lowest BCUT2D eigenvalue weighted by atomic mass is 10.2. The van der Waals surface area contributed by atoms with E-state index < -0.39 is 29.4 Å². The third kappa shape index (κ3) is 6.10. The third-order valence-electron chi connectivity index (χ3n) is 3.18. The van der Waals surface area contributed by atoms with Gasteiger partial charge in [-0.3, -0.25) is 24.9 Å². The molecule has 27 heavy (non-hydrogen) atoms. The fraction of sp³-hybridized carbons (Fsp3) is 0.353. The predicted octanol–water partition coefficient (Wildman–Crippen LogP) is -0.0349. The maximum atomic E-state index is 12.0. The summed E-state index contributed by atoms with van der Waals surface area (Å²) in [4.78, 5) is 43.1. The Bertz CT molecular complexity index is 762. The van der Waals surface area contributed by atoms with E-state index in [-0.39, 0.29) is 18.7 Å². The molecular weight excluding hydrogens is 354 g/mol. The molecule has 0 aromatic carbocycles. The summed E-state index contributed by atoms with van der Waals surface area (Å²) in [5, 5.41) is 12.0. The van der Waals surface area contributed by atoms with E-state index in [1.165, 1.54) is 30.5 Å². The molecule has 0 bridgehead atoms. The molecule has 1 aromatic heterocycles. The fourth-order valence-electron chi connectivity index (χ4n) is 2.01. The molecule has 1 aromatic rings. The van der Waals surface area contributed by atoms with Crippen molar-refractivity contribution in [2.24, 2.45) is 4.99 Å². The van der Waals surface area contributed by atoms with Gasteiger partial charge in [-0.15, -0.1) is 0 Å². The molecule has 2 rings (SSSR count). The molecule has 0 aliphatic carbocycles. The summed E-state index contributed by atoms with van der Waals surface area (Å²) in [5.74, 6) is -1.06. The number of nitrogens with zero attached hydrogens (tertiary/aromatic N) is 3. The van der Waals surface area contributed by atoms with Crippen molar-refractivity contribution in [1.29, 1.82) is 0 Å². The number of imide groups is 1. The second-order valence-electron chi connectivity index (χ2n) is 6.53. The number of hydrazine groups is 1. The van der Waals surface area contributed by atoms with Crippen LogP contribution in [0, 0.1) is 0 Å². The fourth-order valence-corrected chi connectivity index (χ4v) is 2.01. The van der Waals surface area contributed by atoms with Crippen molar-refractivity contribution in [3.8, 4) is 0 Å². The first kappa shape index (κ1) is 19.9. The van der Waals surface area contributed by atoms with Crippen LogP contribution in [0.3, 0.4) is 0 Å². The van der Waals surface area contributed by atoms with Crippen LogP contribution in [0.4, 0.5) is 10.6 Å². The topological polar surface area (TPSA) is 136 Å². The number of hydrogen-bond acceptors (Lipinski definition) is 8. The van der Waals surface area contributed by atoms with E-state index in [2.05, 4.69) is 20.8 Å². The standard InChI is InChI=1S/C17H21N5O5/c1-17(2,3)27-16(26)21-20-12-5-4-11(10-19-12)15(25)18-8-9-22-13(23)6-7-14(22)24/h4-7,10H,8-9H2,1-3H3,(H,18,25)(H,19,20)(H,21,26)/p-1. The Balaban J connectivity index is 1.84. The number of pyridine rings is 1. The van der Waals surface area contributed by atoms with E-state index in [0.29, 0.717) is 5.82 Å². The van der Waals surface area contributed by atoms with Gasteiger partial charge in [-0.2, -0.15) is 0 Å². The van der Waals surface area contributed by atoms with Gasteiger partial charge in [0.1, 0.15) is 11.4 Å². The van der Waals surface area contributed by atoms with E-state index in [1.807, 2.05) is 0 Å². The lowest BCUT2D eigenvalue weighted by Gasteiger charge is -2.20. The molecule has 144 valence electrons. The van der Waals surface area contributed by atoms with Gasteiger partial charge < -0.3 is 9.84 Å². The predicted molar refractivity (Wildman–Crippen MR) is 94.5 cm³/mol. The number of carbonyl (C=O) groups is 3. The summed E-state index contributed by atoms with van der Waals surface area (Å²) >= 11 is 0. The second kappa shape index (κ2) is 8.30. The zero-order valence-corrected chi connectivity index (χ0v) is 15.2. The monoisotopic (exact) mass is 374 g/mol. The molecule has 2 N–H and O–H groups in total. The van der Waals surface area contributed by atoms with Crippen LogP contribution in [0.15, 0.2) is 35.5 Å². The largest absolute Gasteiger partial charge is 0.858 e. The maximum Gasteiger partial charge on any atom is 0.426 e. The Morgan fingerprint density at radius 1 is 1.26 bits per heavy atom. The first-order valence-electron chi connectivity index (χ1n) is 8.12. The molecule has 3 amide bonds. The van der Waals surface area contributed by atoms with Crippen molar-refractivity contribution in [2.45, 2.75) is 26.4 Å². The van der Waals surface area contributed by atoms with E-state index in [4.69, 9.17) is 4.74 Å². The Kier molecular flexibility index (Phi) is 6.11. The normalized spacial score (nSPS) is 14.5. The van der Waals surface area contributed by atoms with Gasteiger partial charge in [0, 0.05) is 30.5 Å². The SMILES string of the molecule is CC(C)(C)OC(=O)NNc1ccc(C([O-])=NCCN2C(=O)C=CC2=O)cn1. The number of aliphatic imine (C=N–C) groups is 1. The van der Waals surface area contributed by atoms with Crippen LogP contribution in [0.5, 0.6) is 0 Å². The van der Waals surface area contributed by atoms with Crippen LogP contribution in [0.1, 0.15) is 26.3 Å². The number of nitrogens with one attached hydrogen (secondary N) is 2. The van der Waals surface area contributed by atoms with Crippen LogP contribution in [0.25, 0.3) is 0 Å². The molecule has 0 saturated heterocycles. The van der Waals surface area contributed by atoms with Gasteiger partial charge in [-0.05, 0) is 38.8 Å². The lowest BCUT2D eigenvalue weighted by molar-refractivity contribution is -0.213. The molecule has 1 aliphatic rings. The average Bonchev–Trinajstić information content (AvgIpc) is 2.91. The van der Waals surface area contributed by atoms with Gasteiger partial charge in [0.15, 0.2) is 0 Å². The van der Waals surface area contributed by atoms with Gasteiger partial charge >= 0.3 is 6.09 Å². The Morgan fingerprint density at radius 2 is 1.93 bits per heavy atom. The zero-order valence-electron chi connectivity index (χ0n) is 15.2. The van der Waals surface area contributed by atoms with E-state index >= 15 is 0 Å². The zero-order chi connectivity index (χ0) is 20.0. The molecule has 2 heterocycles. The van der Waals surface area contributed by atoms with Crippen molar-refractivity contribution in [1.82, 2.24) is 15.3 Å². The van der Waals surface area contributed by atoms with Crippen molar-refractivity contribution in [3.05, 3.63) is 36.0 Å². The highest BCUT2D eigenvalue weighted by molar-refractivity contribution is 6.12. The minimum Gasteiger partial charge on any atom is -0.858 e. The van der Waals surface area contributed by atoms with Crippen LogP contribution in [0.2, 0.25) is 0 Å². The number of amides is 3. The first-order valence-corrected chi connectivity index (χ1v) is 8.12. The van der Waals surface area contributed by atoms with Crippen molar-refractivity contribution in [2.75, 3.05) is 18.5 Å². The van der Waals surface area contributed by atoms with Gasteiger partial charge in [-0.1, -0.05) is 0 Å². The van der Waals surface area contributed by atoms with Crippen LogP contribution >= 0.6 is 0 Å². The summed E-state index contributed by atoms with van der Waals surface area (Å²) in [5.41, 5.74) is 4.48. The van der Waals surface area contributed by atoms with E-state index in [1.54, 1.807) is 20.8 Å². The molecular formula is C17H20N5O5-. The molecule has 0 radical (unpaired) electrons. The number of hydrogen-bond donors (Lipinski definition) is 2. The van der Waals surface area contributed by atoms with Gasteiger partial charge in [-0.25, -0.2) is 15.2 Å². The van der Waals surface area contributed by atoms with Crippen molar-refractivity contribution < 1.29 is 24.2 Å². The molecule has 1 aliphatic heterocycles. The minimum atomic E-state index is -0.667. The second-order valence-corrected chi connectivity index (χ2v) is 6.53. The Labute approximate surface area is 155 Å². The van der Waals surface area contributed by atoms with E-state index in [9.17, 15) is 19.5 Å². The van der Waals surface area contributed by atoms with Gasteiger partial charge in [0.25, 0.3) is 11.8 Å². The average molecular weight is 374 g/mol. The smallest absolute Gasteiger partial charge is 0.426 e. The first-order chi connectivity index (χ1) is 12.7. The van der Waals surface area contributed by atoms with Crippen LogP contribution in [-0.4, -0.2) is 52.4 Å². The number of ether oxygens (including phenoxy) is 1. The molecule has 0 spiro atoms. The summed E-state index contributed by atoms with van der Waals surface area (Å²) in [6, 6.07) is 2.96. The van der Waals surface area contributed by atoms with E-state index in [0.717, 1.165) is 4.90 Å². The number of aromatic nitrogens is 1. The van der Waals surface area contributed by atoms with Crippen LogP contribution < -0.4 is 16.0 Å². The van der Waals surface area contributed by atoms with Gasteiger partial charge in [0.2, 0.25) is 0 Å². The summed E-state index contributed by atoms with van der Waals surface area (Å²) in [6.07, 6.45) is 2.97. The Morgan fingerprint density at radius 3 is 2.48 bits per heavy atom. The van der Waals surface area contributed by atoms with Crippen molar-refractivity contribution in [3.63, 3.8) is 0 Å². The summed E-state index contributed by atoms with van der Waals surface area (Å²) in [7, 11) is 0. The van der Waals surface area contributed by atoms with Crippen LogP contribution in [-0.2, 0) is 14.3 Å². The highest BCUT2D eigenvalue weighted by atomic mass is 16.6. The molecule has 0 unspecified atom stereocenters. The number of anilines is 1. The Hall–Kier alpha value is -3.43. The molecule has 10 nitrogen and oxygen atoms in total. The number of carbonyl (C=O) groups excluding carboxylic acids is 3. The van der Waals surface area contributed by atoms with Gasteiger partial charge in [0.05, 0.1) is 6.54 Å². The molecule has 0 atom stereocenters. The minimum absolute atomic E-state index is 0.00179. The maximum absolute atomic E-state index is 12.0.